The van der Waals surface area contributed by atoms with Crippen LogP contribution in [0.5, 0.6) is 0 Å². The van der Waals surface area contributed by atoms with Gasteiger partial charge in [0, 0.05) is 35.6 Å². The van der Waals surface area contributed by atoms with E-state index in [9.17, 15) is 0 Å². The maximum atomic E-state index is 3.59. The molecule has 0 aliphatic carbocycles. The summed E-state index contributed by atoms with van der Waals surface area (Å²) in [4.78, 5) is 3.59. The van der Waals surface area contributed by atoms with Crippen LogP contribution in [0.1, 0.15) is 44.5 Å². The summed E-state index contributed by atoms with van der Waals surface area (Å²) in [6.07, 6.45) is 1.11. The molecule has 1 aromatic heterocycles. The van der Waals surface area contributed by atoms with Gasteiger partial charge in [0.15, 0.2) is 0 Å². The number of aromatic nitrogens is 1. The van der Waals surface area contributed by atoms with E-state index in [0.717, 1.165) is 13.0 Å². The van der Waals surface area contributed by atoms with E-state index >= 15 is 0 Å². The fourth-order valence-corrected chi connectivity index (χ4v) is 2.80. The maximum Gasteiger partial charge on any atom is 0.0459 e. The zero-order valence-electron chi connectivity index (χ0n) is 11.7. The average Bonchev–Trinajstić information content (AvgIpc) is 2.63. The van der Waals surface area contributed by atoms with Gasteiger partial charge in [-0.2, -0.15) is 0 Å². The number of benzene rings is 1. The highest BCUT2D eigenvalue weighted by molar-refractivity contribution is 5.85. The Kier molecular flexibility index (Phi) is 2.53. The molecule has 18 heavy (non-hydrogen) atoms. The highest BCUT2D eigenvalue weighted by Gasteiger charge is 2.21. The first-order valence-corrected chi connectivity index (χ1v) is 6.82. The quantitative estimate of drug-likeness (QED) is 0.727. The number of hydrogen-bond acceptors (Lipinski definition) is 1. The highest BCUT2D eigenvalue weighted by Crippen LogP contribution is 2.31. The molecule has 1 unspecified atom stereocenters. The smallest absolute Gasteiger partial charge is 0.0459 e. The van der Waals surface area contributed by atoms with Crippen LogP contribution in [0.4, 0.5) is 0 Å². The van der Waals surface area contributed by atoms with E-state index in [2.05, 4.69) is 56.2 Å². The van der Waals surface area contributed by atoms with Crippen LogP contribution in [0.3, 0.4) is 0 Å². The van der Waals surface area contributed by atoms with Gasteiger partial charge in [0.2, 0.25) is 0 Å². The molecule has 2 aromatic rings. The third kappa shape index (κ3) is 1.85. The number of nitrogens with one attached hydrogen (secondary N) is 2. The molecule has 0 amide bonds. The van der Waals surface area contributed by atoms with Crippen LogP contribution < -0.4 is 5.32 Å². The first-order chi connectivity index (χ1) is 8.45. The number of hydrogen-bond donors (Lipinski definition) is 2. The van der Waals surface area contributed by atoms with Crippen LogP contribution in [-0.4, -0.2) is 11.0 Å². The fourth-order valence-electron chi connectivity index (χ4n) is 2.80. The molecule has 2 N–H and O–H groups in total. The number of aromatic amines is 1. The summed E-state index contributed by atoms with van der Waals surface area (Å²) in [6.45, 7) is 10.0. The van der Waals surface area contributed by atoms with Crippen molar-refractivity contribution in [2.24, 2.45) is 0 Å². The lowest BCUT2D eigenvalue weighted by Crippen LogP contribution is -2.32. The van der Waals surface area contributed by atoms with Crippen molar-refractivity contribution >= 4 is 10.9 Å². The van der Waals surface area contributed by atoms with Gasteiger partial charge in [0.05, 0.1) is 0 Å². The van der Waals surface area contributed by atoms with Gasteiger partial charge >= 0.3 is 0 Å². The van der Waals surface area contributed by atoms with Crippen molar-refractivity contribution in [1.29, 1.82) is 0 Å². The molecule has 1 aromatic carbocycles. The maximum absolute atomic E-state index is 3.59. The normalized spacial score (nSPS) is 20.1. The first kappa shape index (κ1) is 11.8. The van der Waals surface area contributed by atoms with Gasteiger partial charge in [-0.05, 0) is 35.6 Å². The second-order valence-corrected chi connectivity index (χ2v) is 6.58. The first-order valence-electron chi connectivity index (χ1n) is 6.82. The molecule has 0 saturated heterocycles. The molecule has 1 aliphatic rings. The van der Waals surface area contributed by atoms with E-state index in [1.165, 1.54) is 27.7 Å². The predicted molar refractivity (Wildman–Crippen MR) is 77.0 cm³/mol. The summed E-state index contributed by atoms with van der Waals surface area (Å²) >= 11 is 0. The fraction of sp³-hybridized carbons (Fsp3) is 0.500. The minimum absolute atomic E-state index is 0.216. The Labute approximate surface area is 109 Å². The van der Waals surface area contributed by atoms with Crippen LogP contribution in [0, 0.1) is 0 Å². The predicted octanol–water partition coefficient (Wildman–Crippen LogP) is 3.50. The topological polar surface area (TPSA) is 27.8 Å². The van der Waals surface area contributed by atoms with Gasteiger partial charge < -0.3 is 10.3 Å². The van der Waals surface area contributed by atoms with Crippen LogP contribution >= 0.6 is 0 Å². The summed E-state index contributed by atoms with van der Waals surface area (Å²) in [6, 6.07) is 7.43. The summed E-state index contributed by atoms with van der Waals surface area (Å²) in [7, 11) is 0. The third-order valence-corrected chi connectivity index (χ3v) is 4.00. The molecule has 1 atom stereocenters. The zero-order valence-corrected chi connectivity index (χ0v) is 11.7. The van der Waals surface area contributed by atoms with Crippen molar-refractivity contribution < 1.29 is 0 Å². The van der Waals surface area contributed by atoms with E-state index in [0.29, 0.717) is 6.04 Å². The molecule has 0 bridgehead atoms. The van der Waals surface area contributed by atoms with Crippen molar-refractivity contribution in [2.45, 2.75) is 52.1 Å². The lowest BCUT2D eigenvalue weighted by atomic mass is 9.86. The zero-order chi connectivity index (χ0) is 12.9. The van der Waals surface area contributed by atoms with Gasteiger partial charge in [-0.15, -0.1) is 0 Å². The number of rotatable bonds is 0. The van der Waals surface area contributed by atoms with Crippen LogP contribution in [0.2, 0.25) is 0 Å². The van der Waals surface area contributed by atoms with E-state index < -0.39 is 0 Å². The van der Waals surface area contributed by atoms with Crippen molar-refractivity contribution in [3.8, 4) is 0 Å². The summed E-state index contributed by atoms with van der Waals surface area (Å²) in [5.41, 5.74) is 5.80. The van der Waals surface area contributed by atoms with E-state index in [4.69, 9.17) is 0 Å². The highest BCUT2D eigenvalue weighted by atomic mass is 14.9. The van der Waals surface area contributed by atoms with Gasteiger partial charge in [-0.25, -0.2) is 0 Å². The summed E-state index contributed by atoms with van der Waals surface area (Å²) < 4.78 is 0. The lowest BCUT2D eigenvalue weighted by molar-refractivity contribution is 0.511. The molecule has 2 heterocycles. The second kappa shape index (κ2) is 3.86. The molecular formula is C16H22N2. The Hall–Kier alpha value is -1.28. The SMILES string of the molecule is CC1Cc2[nH]c3ccc(C(C)(C)C)cc3c2CN1. The standard InChI is InChI=1S/C16H22N2/c1-10-7-15-13(9-17-10)12-8-11(16(2,3)4)5-6-14(12)18-15/h5-6,8,10,17-18H,7,9H2,1-4H3. The van der Waals surface area contributed by atoms with Crippen LogP contribution in [0.15, 0.2) is 18.2 Å². The Bertz CT molecular complexity index is 587. The van der Waals surface area contributed by atoms with Gasteiger partial charge in [-0.3, -0.25) is 0 Å². The second-order valence-electron chi connectivity index (χ2n) is 6.58. The molecular weight excluding hydrogens is 220 g/mol. The van der Waals surface area contributed by atoms with Crippen LogP contribution in [0.25, 0.3) is 10.9 Å². The van der Waals surface area contributed by atoms with E-state index in [1.807, 2.05) is 0 Å². The molecule has 0 fully saturated rings. The largest absolute Gasteiger partial charge is 0.358 e. The molecule has 96 valence electrons. The molecule has 1 aliphatic heterocycles. The Morgan fingerprint density at radius 3 is 2.72 bits per heavy atom. The minimum atomic E-state index is 0.216. The summed E-state index contributed by atoms with van der Waals surface area (Å²) in [5, 5.41) is 4.95. The van der Waals surface area contributed by atoms with Gasteiger partial charge in [-0.1, -0.05) is 26.8 Å². The third-order valence-electron chi connectivity index (χ3n) is 4.00. The molecule has 0 spiro atoms. The monoisotopic (exact) mass is 242 g/mol. The lowest BCUT2D eigenvalue weighted by Gasteiger charge is -2.21. The van der Waals surface area contributed by atoms with Crippen molar-refractivity contribution in [2.75, 3.05) is 0 Å². The van der Waals surface area contributed by atoms with E-state index in [1.54, 1.807) is 0 Å². The number of H-pyrrole nitrogens is 1. The summed E-state index contributed by atoms with van der Waals surface area (Å²) in [5.74, 6) is 0. The minimum Gasteiger partial charge on any atom is -0.358 e. The Morgan fingerprint density at radius 2 is 2.00 bits per heavy atom. The molecule has 3 rings (SSSR count). The Morgan fingerprint density at radius 1 is 1.22 bits per heavy atom. The number of fused-ring (bicyclic) bond motifs is 3. The molecule has 0 saturated carbocycles. The molecule has 2 heteroatoms. The van der Waals surface area contributed by atoms with Crippen LogP contribution in [-0.2, 0) is 18.4 Å². The van der Waals surface area contributed by atoms with Crippen molar-refractivity contribution in [3.05, 3.63) is 35.0 Å². The van der Waals surface area contributed by atoms with Crippen molar-refractivity contribution in [3.63, 3.8) is 0 Å². The molecule has 2 nitrogen and oxygen atoms in total. The molecule has 0 radical (unpaired) electrons. The Balaban J connectivity index is 2.17. The van der Waals surface area contributed by atoms with Gasteiger partial charge in [0.25, 0.3) is 0 Å². The van der Waals surface area contributed by atoms with Gasteiger partial charge in [0.1, 0.15) is 0 Å². The van der Waals surface area contributed by atoms with E-state index in [-0.39, 0.29) is 5.41 Å². The average molecular weight is 242 g/mol. The van der Waals surface area contributed by atoms with Crippen molar-refractivity contribution in [1.82, 2.24) is 10.3 Å².